The number of aryl methyl sites for hydroxylation is 2. The Hall–Kier alpha value is -3.60. The van der Waals surface area contributed by atoms with Crippen LogP contribution in [0.2, 0.25) is 0 Å². The molecule has 6 heterocycles. The number of benzene rings is 1. The normalized spacial score (nSPS) is 18.0. The third-order valence-corrected chi connectivity index (χ3v) is 9.43. The van der Waals surface area contributed by atoms with Gasteiger partial charge in [0, 0.05) is 42.3 Å². The van der Waals surface area contributed by atoms with Gasteiger partial charge in [0.15, 0.2) is 11.8 Å². The maximum Gasteiger partial charge on any atom is 0.337 e. The number of ether oxygens (including phenoxy) is 2. The molecule has 0 spiro atoms. The number of piperidine rings is 1. The number of rotatable bonds is 3. The van der Waals surface area contributed by atoms with E-state index in [2.05, 4.69) is 48.2 Å². The zero-order chi connectivity index (χ0) is 31.1. The SMILES string of the molecule is Cc1nc2cc3nn2c(c1C(OC(C)(C)C)C(=O)O)N1CCC(C)(CC1)OCC=CCCc1ccccc1Cc1cnc-3s1. The molecule has 3 aliphatic heterocycles. The van der Waals surface area contributed by atoms with Crippen LogP contribution >= 0.6 is 11.3 Å². The molecule has 0 amide bonds. The molecule has 7 rings (SSSR count). The first-order valence-electron chi connectivity index (χ1n) is 15.4. The van der Waals surface area contributed by atoms with Crippen molar-refractivity contribution in [3.63, 3.8) is 0 Å². The molecule has 0 saturated carbocycles. The van der Waals surface area contributed by atoms with Crippen LogP contribution in [0.4, 0.5) is 5.82 Å². The van der Waals surface area contributed by atoms with Crippen LogP contribution < -0.4 is 4.90 Å². The molecule has 9 nitrogen and oxygen atoms in total. The van der Waals surface area contributed by atoms with Gasteiger partial charge in [-0.1, -0.05) is 36.4 Å². The number of aliphatic carboxylic acids is 1. The summed E-state index contributed by atoms with van der Waals surface area (Å²) >= 11 is 1.63. The number of thiazole rings is 1. The fraction of sp³-hybridized carbons (Fsp3) is 0.471. The minimum absolute atomic E-state index is 0.281. The first-order valence-corrected chi connectivity index (χ1v) is 16.2. The number of allylic oxidation sites excluding steroid dienone is 1. The standard InChI is InChI=1S/C34H41N5O4S/c1-22-28(29(32(40)41)43-33(2,3)4)31-38-16-14-34(5,15-17-38)42-18-10-6-7-11-23-12-8-9-13-24(23)19-25-21-35-30(44-25)26-20-27(36-22)39(31)37-26/h6,8-10,12-13,20-21,29H,7,11,14-19H2,1-5H3,(H,40,41). The maximum atomic E-state index is 12.7. The fourth-order valence-corrected chi connectivity index (χ4v) is 6.99. The van der Waals surface area contributed by atoms with Crippen molar-refractivity contribution in [1.82, 2.24) is 19.6 Å². The lowest BCUT2D eigenvalue weighted by atomic mass is 9.92. The van der Waals surface area contributed by atoms with Crippen LogP contribution in [0.1, 0.15) is 80.3 Å². The summed E-state index contributed by atoms with van der Waals surface area (Å²) in [5.74, 6) is -0.349. The second-order valence-corrected chi connectivity index (χ2v) is 14.1. The van der Waals surface area contributed by atoms with Gasteiger partial charge in [0.1, 0.15) is 16.5 Å². The minimum Gasteiger partial charge on any atom is -0.479 e. The zero-order valence-electron chi connectivity index (χ0n) is 26.2. The fourth-order valence-electron chi connectivity index (χ4n) is 6.10. The number of anilines is 1. The van der Waals surface area contributed by atoms with E-state index in [9.17, 15) is 9.90 Å². The molecule has 4 aromatic rings. The van der Waals surface area contributed by atoms with Crippen molar-refractivity contribution in [2.75, 3.05) is 24.6 Å². The summed E-state index contributed by atoms with van der Waals surface area (Å²) in [6, 6.07) is 10.6. The van der Waals surface area contributed by atoms with E-state index in [1.165, 1.54) is 11.1 Å². The van der Waals surface area contributed by atoms with E-state index in [4.69, 9.17) is 24.5 Å². The highest BCUT2D eigenvalue weighted by Gasteiger charge is 2.37. The molecule has 0 radical (unpaired) electrons. The van der Waals surface area contributed by atoms with E-state index in [0.29, 0.717) is 48.1 Å². The molecular formula is C34H41N5O4S. The summed E-state index contributed by atoms with van der Waals surface area (Å²) in [6.07, 6.45) is 9.40. The molecule has 1 saturated heterocycles. The van der Waals surface area contributed by atoms with Crippen LogP contribution in [0, 0.1) is 6.92 Å². The average Bonchev–Trinajstić information content (AvgIpc) is 3.60. The third-order valence-electron chi connectivity index (χ3n) is 8.41. The lowest BCUT2D eigenvalue weighted by molar-refractivity contribution is -0.160. The Morgan fingerprint density at radius 1 is 1.16 bits per heavy atom. The Morgan fingerprint density at radius 2 is 1.91 bits per heavy atom. The molecule has 1 fully saturated rings. The number of carboxylic acids is 1. The topological polar surface area (TPSA) is 102 Å². The Morgan fingerprint density at radius 3 is 2.64 bits per heavy atom. The van der Waals surface area contributed by atoms with Crippen LogP contribution in [0.25, 0.3) is 16.3 Å². The molecule has 232 valence electrons. The number of hydrogen-bond acceptors (Lipinski definition) is 8. The Bertz CT molecular complexity index is 1690. The number of carboxylic acid groups (broad SMARTS) is 1. The van der Waals surface area contributed by atoms with Crippen LogP contribution in [0.15, 0.2) is 48.7 Å². The molecule has 1 aromatic carbocycles. The summed E-state index contributed by atoms with van der Waals surface area (Å²) in [5.41, 5.74) is 4.19. The van der Waals surface area contributed by atoms with Gasteiger partial charge in [-0.25, -0.2) is 14.8 Å². The lowest BCUT2D eigenvalue weighted by Gasteiger charge is -2.41. The lowest BCUT2D eigenvalue weighted by Crippen LogP contribution is -2.45. The van der Waals surface area contributed by atoms with Gasteiger partial charge in [-0.15, -0.1) is 11.3 Å². The number of aromatic nitrogens is 4. The van der Waals surface area contributed by atoms with E-state index in [1.807, 2.05) is 40.0 Å². The highest BCUT2D eigenvalue weighted by molar-refractivity contribution is 7.15. The Balaban J connectivity index is 1.49. The average molecular weight is 616 g/mol. The van der Waals surface area contributed by atoms with Gasteiger partial charge in [-0.05, 0) is 71.4 Å². The summed E-state index contributed by atoms with van der Waals surface area (Å²) in [7, 11) is 0. The zero-order valence-corrected chi connectivity index (χ0v) is 27.0. The highest BCUT2D eigenvalue weighted by atomic mass is 32.1. The van der Waals surface area contributed by atoms with Crippen LogP contribution in [-0.2, 0) is 27.1 Å². The van der Waals surface area contributed by atoms with E-state index in [-0.39, 0.29) is 5.60 Å². The largest absolute Gasteiger partial charge is 0.479 e. The molecular weight excluding hydrogens is 574 g/mol. The monoisotopic (exact) mass is 615 g/mol. The van der Waals surface area contributed by atoms with Gasteiger partial charge >= 0.3 is 5.97 Å². The van der Waals surface area contributed by atoms with Crippen molar-refractivity contribution in [3.05, 3.63) is 75.9 Å². The van der Waals surface area contributed by atoms with E-state index >= 15 is 0 Å². The first kappa shape index (κ1) is 30.4. The number of hydrogen-bond donors (Lipinski definition) is 1. The van der Waals surface area contributed by atoms with Gasteiger partial charge in [-0.2, -0.15) is 9.61 Å². The van der Waals surface area contributed by atoms with E-state index in [0.717, 1.165) is 42.0 Å². The summed E-state index contributed by atoms with van der Waals surface area (Å²) in [4.78, 5) is 25.7. The molecule has 3 aromatic heterocycles. The smallest absolute Gasteiger partial charge is 0.337 e. The van der Waals surface area contributed by atoms with Crippen molar-refractivity contribution in [3.8, 4) is 10.7 Å². The van der Waals surface area contributed by atoms with Gasteiger partial charge in [0.25, 0.3) is 0 Å². The van der Waals surface area contributed by atoms with Crippen molar-refractivity contribution in [2.45, 2.75) is 84.0 Å². The summed E-state index contributed by atoms with van der Waals surface area (Å²) in [5, 5.41) is 16.2. The van der Waals surface area contributed by atoms with Crippen molar-refractivity contribution < 1.29 is 19.4 Å². The second kappa shape index (κ2) is 12.1. The number of carbonyl (C=O) groups is 1. The van der Waals surface area contributed by atoms with Gasteiger partial charge in [0.05, 0.1) is 23.4 Å². The molecule has 0 aliphatic carbocycles. The number of fused-ring (bicyclic) bond motifs is 6. The van der Waals surface area contributed by atoms with Gasteiger partial charge < -0.3 is 19.5 Å². The first-order chi connectivity index (χ1) is 21.0. The predicted molar refractivity (Wildman–Crippen MR) is 173 cm³/mol. The van der Waals surface area contributed by atoms with Crippen LogP contribution in [-0.4, -0.2) is 61.6 Å². The highest BCUT2D eigenvalue weighted by Crippen LogP contribution is 2.38. The predicted octanol–water partition coefficient (Wildman–Crippen LogP) is 6.57. The van der Waals surface area contributed by atoms with Gasteiger partial charge in [-0.3, -0.25) is 0 Å². The molecule has 1 atom stereocenters. The molecule has 44 heavy (non-hydrogen) atoms. The quantitative estimate of drug-likeness (QED) is 0.258. The van der Waals surface area contributed by atoms with Crippen LogP contribution in [0.3, 0.4) is 0 Å². The second-order valence-electron chi connectivity index (χ2n) is 13.0. The van der Waals surface area contributed by atoms with E-state index < -0.39 is 17.7 Å². The van der Waals surface area contributed by atoms with Crippen molar-refractivity contribution >= 4 is 28.8 Å². The summed E-state index contributed by atoms with van der Waals surface area (Å²) < 4.78 is 14.4. The molecule has 1 N–H and O–H groups in total. The molecule has 6 bridgehead atoms. The van der Waals surface area contributed by atoms with Crippen molar-refractivity contribution in [2.24, 2.45) is 0 Å². The van der Waals surface area contributed by atoms with E-state index in [1.54, 1.807) is 15.9 Å². The third kappa shape index (κ3) is 6.43. The van der Waals surface area contributed by atoms with Crippen molar-refractivity contribution in [1.29, 1.82) is 0 Å². The molecule has 10 heteroatoms. The number of nitrogens with zero attached hydrogens (tertiary/aromatic N) is 5. The Labute approximate surface area is 262 Å². The van der Waals surface area contributed by atoms with Gasteiger partial charge in [0.2, 0.25) is 0 Å². The maximum absolute atomic E-state index is 12.7. The summed E-state index contributed by atoms with van der Waals surface area (Å²) in [6.45, 7) is 11.6. The molecule has 3 aliphatic rings. The van der Waals surface area contributed by atoms with Crippen LogP contribution in [0.5, 0.6) is 0 Å². The molecule has 1 unspecified atom stereocenters. The minimum atomic E-state index is -1.21. The Kier molecular flexibility index (Phi) is 8.34.